The molecule has 0 aliphatic carbocycles. The Bertz CT molecular complexity index is 476. The first-order valence-corrected chi connectivity index (χ1v) is 8.88. The number of unbranched alkanes of at least 4 members (excludes halogenated alkanes) is 1. The normalized spacial score (nSPS) is 13.4. The summed E-state index contributed by atoms with van der Waals surface area (Å²) in [5.74, 6) is 2.19. The molecule has 1 unspecified atom stereocenters. The fraction of sp³-hybridized carbons (Fsp3) is 0.778. The van der Waals surface area contributed by atoms with E-state index >= 15 is 0 Å². The smallest absolute Gasteiger partial charge is 0.190 e. The second-order valence-corrected chi connectivity index (χ2v) is 6.98. The van der Waals surface area contributed by atoms with Crippen molar-refractivity contribution in [1.82, 2.24) is 20.4 Å². The molecule has 23 heavy (non-hydrogen) atoms. The van der Waals surface area contributed by atoms with Gasteiger partial charge in [-0.15, -0.1) is 0 Å². The third kappa shape index (κ3) is 8.05. The largest absolute Gasteiger partial charge is 0.356 e. The molecule has 1 aromatic heterocycles. The van der Waals surface area contributed by atoms with Gasteiger partial charge in [0.2, 0.25) is 0 Å². The summed E-state index contributed by atoms with van der Waals surface area (Å²) in [7, 11) is 1.83. The molecule has 0 aliphatic heterocycles. The molecule has 5 heteroatoms. The van der Waals surface area contributed by atoms with Gasteiger partial charge in [0.25, 0.3) is 0 Å². The Morgan fingerprint density at radius 3 is 2.52 bits per heavy atom. The molecule has 1 rings (SSSR count). The molecule has 0 radical (unpaired) electrons. The lowest BCUT2D eigenvalue weighted by molar-refractivity contribution is 0.435. The maximum atomic E-state index is 4.52. The molecule has 132 valence electrons. The number of aryl methyl sites for hydroxylation is 2. The minimum Gasteiger partial charge on any atom is -0.356 e. The van der Waals surface area contributed by atoms with Crippen LogP contribution < -0.4 is 10.6 Å². The van der Waals surface area contributed by atoms with E-state index < -0.39 is 0 Å². The van der Waals surface area contributed by atoms with Crippen LogP contribution in [0.3, 0.4) is 0 Å². The summed E-state index contributed by atoms with van der Waals surface area (Å²) >= 11 is 0. The van der Waals surface area contributed by atoms with Crippen LogP contribution in [-0.4, -0.2) is 35.9 Å². The lowest BCUT2D eigenvalue weighted by Gasteiger charge is -2.17. The number of rotatable bonds is 9. The van der Waals surface area contributed by atoms with E-state index in [0.29, 0.717) is 5.92 Å². The second kappa shape index (κ2) is 10.3. The van der Waals surface area contributed by atoms with Crippen LogP contribution >= 0.6 is 0 Å². The Labute approximate surface area is 142 Å². The Hall–Kier alpha value is -1.52. The summed E-state index contributed by atoms with van der Waals surface area (Å²) in [6, 6.07) is 2.12. The Balaban J connectivity index is 2.24. The molecule has 0 saturated carbocycles. The van der Waals surface area contributed by atoms with Gasteiger partial charge in [-0.05, 0) is 38.2 Å². The molecule has 5 nitrogen and oxygen atoms in total. The molecule has 2 N–H and O–H groups in total. The Kier molecular flexibility index (Phi) is 8.74. The number of hydrogen-bond donors (Lipinski definition) is 2. The van der Waals surface area contributed by atoms with Crippen molar-refractivity contribution in [1.29, 1.82) is 0 Å². The van der Waals surface area contributed by atoms with Gasteiger partial charge in [0, 0.05) is 32.4 Å². The first kappa shape index (κ1) is 19.5. The Morgan fingerprint density at radius 1 is 1.22 bits per heavy atom. The monoisotopic (exact) mass is 321 g/mol. The summed E-state index contributed by atoms with van der Waals surface area (Å²) in [5, 5.41) is 11.3. The minimum absolute atomic E-state index is 0.493. The Morgan fingerprint density at radius 2 is 1.96 bits per heavy atom. The number of nitrogens with zero attached hydrogens (tertiary/aromatic N) is 3. The summed E-state index contributed by atoms with van der Waals surface area (Å²) in [6.45, 7) is 13.7. The maximum absolute atomic E-state index is 4.52. The minimum atomic E-state index is 0.493. The van der Waals surface area contributed by atoms with E-state index in [1.54, 1.807) is 0 Å². The molecule has 0 fully saturated rings. The van der Waals surface area contributed by atoms with Gasteiger partial charge in [0.1, 0.15) is 0 Å². The quantitative estimate of drug-likeness (QED) is 0.417. The van der Waals surface area contributed by atoms with E-state index in [4.69, 9.17) is 0 Å². The molecule has 0 bridgehead atoms. The third-order valence-electron chi connectivity index (χ3n) is 3.93. The van der Waals surface area contributed by atoms with Crippen molar-refractivity contribution in [2.24, 2.45) is 16.8 Å². The highest BCUT2D eigenvalue weighted by Crippen LogP contribution is 2.06. The predicted molar refractivity (Wildman–Crippen MR) is 98.9 cm³/mol. The fourth-order valence-corrected chi connectivity index (χ4v) is 2.60. The van der Waals surface area contributed by atoms with E-state index in [2.05, 4.69) is 59.2 Å². The van der Waals surface area contributed by atoms with Crippen LogP contribution in [0.25, 0.3) is 0 Å². The van der Waals surface area contributed by atoms with Crippen molar-refractivity contribution >= 4 is 5.96 Å². The molecule has 0 amide bonds. The van der Waals surface area contributed by atoms with E-state index in [1.807, 2.05) is 14.0 Å². The number of guanidine groups is 1. The van der Waals surface area contributed by atoms with E-state index in [1.165, 1.54) is 25.0 Å². The van der Waals surface area contributed by atoms with Crippen molar-refractivity contribution < 1.29 is 0 Å². The van der Waals surface area contributed by atoms with Crippen molar-refractivity contribution in [2.75, 3.05) is 20.1 Å². The lowest BCUT2D eigenvalue weighted by atomic mass is 10.1. The summed E-state index contributed by atoms with van der Waals surface area (Å²) in [4.78, 5) is 4.29. The number of hydrogen-bond acceptors (Lipinski definition) is 2. The zero-order valence-corrected chi connectivity index (χ0v) is 15.8. The lowest BCUT2D eigenvalue weighted by Crippen LogP contribution is -2.40. The number of aromatic nitrogens is 2. The highest BCUT2D eigenvalue weighted by Gasteiger charge is 2.08. The van der Waals surface area contributed by atoms with Gasteiger partial charge in [-0.1, -0.05) is 33.6 Å². The van der Waals surface area contributed by atoms with Gasteiger partial charge in [0.15, 0.2) is 5.96 Å². The van der Waals surface area contributed by atoms with Crippen LogP contribution in [0.4, 0.5) is 0 Å². The van der Waals surface area contributed by atoms with Gasteiger partial charge in [0.05, 0.1) is 5.69 Å². The maximum Gasteiger partial charge on any atom is 0.190 e. The average molecular weight is 322 g/mol. The number of nitrogens with one attached hydrogen (secondary N) is 2. The van der Waals surface area contributed by atoms with Crippen LogP contribution in [0.5, 0.6) is 0 Å². The molecule has 0 saturated heterocycles. The zero-order valence-electron chi connectivity index (χ0n) is 15.8. The zero-order chi connectivity index (χ0) is 17.2. The van der Waals surface area contributed by atoms with Crippen LogP contribution in [0.2, 0.25) is 0 Å². The van der Waals surface area contributed by atoms with E-state index in [9.17, 15) is 0 Å². The standard InChI is InChI=1S/C18H35N5/c1-14(2)9-7-8-10-20-18(19-6)21-12-15(3)13-23-17(5)11-16(4)22-23/h11,14-15H,7-10,12-13H2,1-6H3,(H2,19,20,21). The van der Waals surface area contributed by atoms with E-state index in [-0.39, 0.29) is 0 Å². The topological polar surface area (TPSA) is 54.2 Å². The summed E-state index contributed by atoms with van der Waals surface area (Å²) in [6.07, 6.45) is 3.77. The average Bonchev–Trinajstić information content (AvgIpc) is 2.79. The predicted octanol–water partition coefficient (Wildman–Crippen LogP) is 3.13. The van der Waals surface area contributed by atoms with Gasteiger partial charge in [-0.2, -0.15) is 5.10 Å². The van der Waals surface area contributed by atoms with Crippen molar-refractivity contribution in [3.8, 4) is 0 Å². The molecular weight excluding hydrogens is 286 g/mol. The third-order valence-corrected chi connectivity index (χ3v) is 3.93. The number of aliphatic imine (C=N–C) groups is 1. The molecule has 0 aromatic carbocycles. The van der Waals surface area contributed by atoms with E-state index in [0.717, 1.165) is 37.2 Å². The summed E-state index contributed by atoms with van der Waals surface area (Å²) in [5.41, 5.74) is 2.31. The van der Waals surface area contributed by atoms with Gasteiger partial charge in [-0.3, -0.25) is 9.67 Å². The van der Waals surface area contributed by atoms with Gasteiger partial charge in [-0.25, -0.2) is 0 Å². The molecule has 1 aromatic rings. The first-order chi connectivity index (χ1) is 10.9. The van der Waals surface area contributed by atoms with Gasteiger partial charge >= 0.3 is 0 Å². The van der Waals surface area contributed by atoms with Crippen LogP contribution in [0.1, 0.15) is 51.4 Å². The summed E-state index contributed by atoms with van der Waals surface area (Å²) < 4.78 is 2.09. The van der Waals surface area contributed by atoms with Crippen LogP contribution in [-0.2, 0) is 6.54 Å². The van der Waals surface area contributed by atoms with Crippen molar-refractivity contribution in [3.63, 3.8) is 0 Å². The SMILES string of the molecule is CN=C(NCCCCC(C)C)NCC(C)Cn1nc(C)cc1C. The highest BCUT2D eigenvalue weighted by atomic mass is 15.3. The molecule has 1 heterocycles. The molecule has 1 atom stereocenters. The highest BCUT2D eigenvalue weighted by molar-refractivity contribution is 5.79. The molecule has 0 spiro atoms. The van der Waals surface area contributed by atoms with Crippen LogP contribution in [0, 0.1) is 25.7 Å². The first-order valence-electron chi connectivity index (χ1n) is 8.88. The van der Waals surface area contributed by atoms with Gasteiger partial charge < -0.3 is 10.6 Å². The molecular formula is C18H35N5. The second-order valence-electron chi connectivity index (χ2n) is 6.98. The fourth-order valence-electron chi connectivity index (χ4n) is 2.60. The van der Waals surface area contributed by atoms with Crippen LogP contribution in [0.15, 0.2) is 11.1 Å². The van der Waals surface area contributed by atoms with Crippen molar-refractivity contribution in [3.05, 3.63) is 17.5 Å². The van der Waals surface area contributed by atoms with Crippen molar-refractivity contribution in [2.45, 2.75) is 60.4 Å². The molecule has 0 aliphatic rings.